The van der Waals surface area contributed by atoms with Gasteiger partial charge in [-0.25, -0.2) is 0 Å². The van der Waals surface area contributed by atoms with E-state index in [1.807, 2.05) is 0 Å². The van der Waals surface area contributed by atoms with Crippen molar-refractivity contribution in [1.29, 1.82) is 0 Å². The lowest BCUT2D eigenvalue weighted by Gasteiger charge is -2.28. The fourth-order valence-electron chi connectivity index (χ4n) is 2.30. The van der Waals surface area contributed by atoms with Gasteiger partial charge in [-0.05, 0) is 37.1 Å². The van der Waals surface area contributed by atoms with Gasteiger partial charge >= 0.3 is 12.1 Å². The first-order valence-electron chi connectivity index (χ1n) is 6.01. The molecule has 1 aliphatic heterocycles. The maximum Gasteiger partial charge on any atom is 0.416 e. The van der Waals surface area contributed by atoms with E-state index in [2.05, 4.69) is 5.32 Å². The molecule has 19 heavy (non-hydrogen) atoms. The lowest BCUT2D eigenvalue weighted by atomic mass is 9.88. The number of hydrogen-bond acceptors (Lipinski definition) is 2. The van der Waals surface area contributed by atoms with Crippen molar-refractivity contribution in [2.45, 2.75) is 25.1 Å². The molecule has 2 atom stereocenters. The highest BCUT2D eigenvalue weighted by atomic mass is 19.4. The van der Waals surface area contributed by atoms with E-state index in [9.17, 15) is 18.0 Å². The molecule has 0 aromatic heterocycles. The highest BCUT2D eigenvalue weighted by Gasteiger charge is 2.31. The Bertz CT molecular complexity index is 456. The molecule has 0 spiro atoms. The van der Waals surface area contributed by atoms with Gasteiger partial charge in [0.2, 0.25) is 0 Å². The van der Waals surface area contributed by atoms with Crippen LogP contribution in [0.3, 0.4) is 0 Å². The molecular weight excluding hydrogens is 259 g/mol. The van der Waals surface area contributed by atoms with Crippen molar-refractivity contribution in [3.8, 4) is 0 Å². The summed E-state index contributed by atoms with van der Waals surface area (Å²) in [5, 5.41) is 12.1. The van der Waals surface area contributed by atoms with E-state index >= 15 is 0 Å². The van der Waals surface area contributed by atoms with Crippen LogP contribution in [-0.2, 0) is 11.0 Å². The molecule has 3 nitrogen and oxygen atoms in total. The van der Waals surface area contributed by atoms with Crippen LogP contribution in [0.4, 0.5) is 13.2 Å². The summed E-state index contributed by atoms with van der Waals surface area (Å²) in [7, 11) is 0. The van der Waals surface area contributed by atoms with Crippen LogP contribution in [-0.4, -0.2) is 17.6 Å². The highest BCUT2D eigenvalue weighted by Crippen LogP contribution is 2.32. The average molecular weight is 273 g/mol. The van der Waals surface area contributed by atoms with Crippen molar-refractivity contribution in [3.05, 3.63) is 35.4 Å². The Morgan fingerprint density at radius 2 is 1.89 bits per heavy atom. The van der Waals surface area contributed by atoms with Crippen LogP contribution in [0, 0.1) is 5.92 Å². The molecule has 1 saturated heterocycles. The Hall–Kier alpha value is -1.56. The topological polar surface area (TPSA) is 49.3 Å². The summed E-state index contributed by atoms with van der Waals surface area (Å²) >= 11 is 0. The van der Waals surface area contributed by atoms with E-state index in [1.165, 1.54) is 12.1 Å². The third-order valence-electron chi connectivity index (χ3n) is 3.39. The Morgan fingerprint density at radius 3 is 2.42 bits per heavy atom. The molecule has 0 amide bonds. The van der Waals surface area contributed by atoms with Gasteiger partial charge in [0, 0.05) is 6.04 Å². The van der Waals surface area contributed by atoms with Gasteiger partial charge in [0.05, 0.1) is 11.5 Å². The number of aliphatic carboxylic acids is 1. The molecule has 2 rings (SSSR count). The number of alkyl halides is 3. The van der Waals surface area contributed by atoms with E-state index in [1.54, 1.807) is 0 Å². The summed E-state index contributed by atoms with van der Waals surface area (Å²) in [6, 6.07) is 4.68. The van der Waals surface area contributed by atoms with Gasteiger partial charge in [-0.1, -0.05) is 12.1 Å². The molecule has 104 valence electrons. The number of hydrogen-bond donors (Lipinski definition) is 2. The van der Waals surface area contributed by atoms with Crippen molar-refractivity contribution in [2.75, 3.05) is 6.54 Å². The van der Waals surface area contributed by atoms with Crippen LogP contribution in [0.1, 0.15) is 30.0 Å². The third kappa shape index (κ3) is 3.26. The predicted molar refractivity (Wildman–Crippen MR) is 62.5 cm³/mol. The summed E-state index contributed by atoms with van der Waals surface area (Å²) in [4.78, 5) is 10.9. The van der Waals surface area contributed by atoms with E-state index in [4.69, 9.17) is 5.11 Å². The second-order valence-corrected chi connectivity index (χ2v) is 4.69. The van der Waals surface area contributed by atoms with E-state index < -0.39 is 23.6 Å². The minimum absolute atomic E-state index is 0.197. The van der Waals surface area contributed by atoms with Gasteiger partial charge in [-0.3, -0.25) is 4.79 Å². The first kappa shape index (κ1) is 13.9. The molecule has 1 aromatic carbocycles. The van der Waals surface area contributed by atoms with Gasteiger partial charge in [-0.15, -0.1) is 0 Å². The molecule has 2 N–H and O–H groups in total. The molecule has 0 unspecified atom stereocenters. The molecule has 0 radical (unpaired) electrons. The SMILES string of the molecule is O=C(O)[C@H]1CCN[C@@H](c2ccc(C(F)(F)F)cc2)C1. The zero-order valence-electron chi connectivity index (χ0n) is 10.1. The normalized spacial score (nSPS) is 24.2. The van der Waals surface area contributed by atoms with E-state index in [0.29, 0.717) is 24.9 Å². The second kappa shape index (κ2) is 5.21. The van der Waals surface area contributed by atoms with Crippen LogP contribution in [0.25, 0.3) is 0 Å². The van der Waals surface area contributed by atoms with Crippen LogP contribution < -0.4 is 5.32 Å². The Balaban J connectivity index is 2.12. The lowest BCUT2D eigenvalue weighted by molar-refractivity contribution is -0.143. The number of rotatable bonds is 2. The smallest absolute Gasteiger partial charge is 0.416 e. The number of halogens is 3. The minimum Gasteiger partial charge on any atom is -0.481 e. The molecule has 0 saturated carbocycles. The van der Waals surface area contributed by atoms with Crippen molar-refractivity contribution >= 4 is 5.97 Å². The van der Waals surface area contributed by atoms with Crippen molar-refractivity contribution < 1.29 is 23.1 Å². The molecule has 1 heterocycles. The zero-order chi connectivity index (χ0) is 14.0. The second-order valence-electron chi connectivity index (χ2n) is 4.69. The maximum absolute atomic E-state index is 12.4. The Labute approximate surface area is 108 Å². The molecular formula is C13H14F3NO2. The van der Waals surface area contributed by atoms with Gasteiger partial charge in [0.25, 0.3) is 0 Å². The summed E-state index contributed by atoms with van der Waals surface area (Å²) in [6.07, 6.45) is -3.39. The van der Waals surface area contributed by atoms with Gasteiger partial charge < -0.3 is 10.4 Å². The maximum atomic E-state index is 12.4. The van der Waals surface area contributed by atoms with Crippen LogP contribution in [0.15, 0.2) is 24.3 Å². The lowest BCUT2D eigenvalue weighted by Crippen LogP contribution is -2.34. The zero-order valence-corrected chi connectivity index (χ0v) is 10.1. The van der Waals surface area contributed by atoms with Gasteiger partial charge in [0.15, 0.2) is 0 Å². The average Bonchev–Trinajstić information content (AvgIpc) is 2.38. The van der Waals surface area contributed by atoms with Crippen molar-refractivity contribution in [2.24, 2.45) is 5.92 Å². The van der Waals surface area contributed by atoms with E-state index in [0.717, 1.165) is 12.1 Å². The summed E-state index contributed by atoms with van der Waals surface area (Å²) in [5.74, 6) is -1.29. The largest absolute Gasteiger partial charge is 0.481 e. The number of piperidine rings is 1. The molecule has 6 heteroatoms. The number of carboxylic acids is 1. The fourth-order valence-corrected chi connectivity index (χ4v) is 2.30. The van der Waals surface area contributed by atoms with Crippen molar-refractivity contribution in [3.63, 3.8) is 0 Å². The number of nitrogens with one attached hydrogen (secondary N) is 1. The fraction of sp³-hybridized carbons (Fsp3) is 0.462. The molecule has 1 aliphatic rings. The standard InChI is InChI=1S/C13H14F3NO2/c14-13(15,16)10-3-1-8(2-4-10)11-7-9(12(18)19)5-6-17-11/h1-4,9,11,17H,5-7H2,(H,18,19)/t9-,11+/m0/s1. The molecule has 0 aliphatic carbocycles. The number of benzene rings is 1. The van der Waals surface area contributed by atoms with Gasteiger partial charge in [-0.2, -0.15) is 13.2 Å². The van der Waals surface area contributed by atoms with Crippen LogP contribution in [0.5, 0.6) is 0 Å². The Kier molecular flexibility index (Phi) is 3.80. The molecule has 1 aromatic rings. The van der Waals surface area contributed by atoms with Crippen LogP contribution in [0.2, 0.25) is 0 Å². The molecule has 1 fully saturated rings. The quantitative estimate of drug-likeness (QED) is 0.871. The third-order valence-corrected chi connectivity index (χ3v) is 3.39. The summed E-state index contributed by atoms with van der Waals surface area (Å²) in [6.45, 7) is 0.558. The summed E-state index contributed by atoms with van der Waals surface area (Å²) in [5.41, 5.74) is 0.000735. The summed E-state index contributed by atoms with van der Waals surface area (Å²) < 4.78 is 37.3. The minimum atomic E-state index is -4.35. The first-order chi connectivity index (χ1) is 8.88. The number of carbonyl (C=O) groups is 1. The number of carboxylic acid groups (broad SMARTS) is 1. The highest BCUT2D eigenvalue weighted by molar-refractivity contribution is 5.70. The monoisotopic (exact) mass is 273 g/mol. The molecule has 0 bridgehead atoms. The van der Waals surface area contributed by atoms with E-state index in [-0.39, 0.29) is 6.04 Å². The Morgan fingerprint density at radius 1 is 1.26 bits per heavy atom. The van der Waals surface area contributed by atoms with Gasteiger partial charge in [0.1, 0.15) is 0 Å². The first-order valence-corrected chi connectivity index (χ1v) is 6.01. The predicted octanol–water partition coefficient (Wildman–Crippen LogP) is 2.83. The van der Waals surface area contributed by atoms with Crippen LogP contribution >= 0.6 is 0 Å². The van der Waals surface area contributed by atoms with Crippen molar-refractivity contribution in [1.82, 2.24) is 5.32 Å².